The van der Waals surface area contributed by atoms with E-state index in [1.54, 1.807) is 0 Å². The van der Waals surface area contributed by atoms with Gasteiger partial charge in [0.05, 0.1) is 0 Å². The van der Waals surface area contributed by atoms with Gasteiger partial charge in [0, 0.05) is 10.7 Å². The fraction of sp³-hybridized carbons (Fsp3) is 0.750. The van der Waals surface area contributed by atoms with Crippen LogP contribution in [0.1, 0.15) is 6.42 Å². The average molecular weight is 149 g/mol. The zero-order chi connectivity index (χ0) is 4.57. The van der Waals surface area contributed by atoms with Crippen LogP contribution in [-0.4, -0.2) is 11.1 Å². The lowest BCUT2D eigenvalue weighted by atomic mass is 10.5. The molecule has 0 saturated heterocycles. The van der Waals surface area contributed by atoms with Crippen LogP contribution in [0, 0.1) is 5.92 Å². The second-order valence-corrected chi connectivity index (χ2v) is 2.73. The van der Waals surface area contributed by atoms with Gasteiger partial charge in [0.15, 0.2) is 0 Å². The summed E-state index contributed by atoms with van der Waals surface area (Å²) < 4.78 is 0. The summed E-state index contributed by atoms with van der Waals surface area (Å²) in [6, 6.07) is 0. The third-order valence-electron chi connectivity index (χ3n) is 0.934. The molecule has 0 unspecified atom stereocenters. The molecule has 2 atom stereocenters. The van der Waals surface area contributed by atoms with Gasteiger partial charge in [-0.2, -0.15) is 0 Å². The fourth-order valence-corrected chi connectivity index (χ4v) is 0.879. The molecule has 0 N–H and O–H groups in total. The largest absolute Gasteiger partial charge is 0.303 e. The van der Waals surface area contributed by atoms with Crippen LogP contribution in [-0.2, 0) is 4.79 Å². The van der Waals surface area contributed by atoms with Crippen molar-refractivity contribution >= 4 is 22.2 Å². The quantitative estimate of drug-likeness (QED) is 0.401. The van der Waals surface area contributed by atoms with Gasteiger partial charge in [0.2, 0.25) is 0 Å². The molecule has 0 bridgehead atoms. The van der Waals surface area contributed by atoms with Crippen molar-refractivity contribution in [3.05, 3.63) is 0 Å². The van der Waals surface area contributed by atoms with E-state index >= 15 is 0 Å². The van der Waals surface area contributed by atoms with Gasteiger partial charge in [-0.05, 0) is 6.42 Å². The Kier molecular flexibility index (Phi) is 0.960. The molecule has 1 nitrogen and oxygen atoms in total. The lowest BCUT2D eigenvalue weighted by Gasteiger charge is -1.65. The van der Waals surface area contributed by atoms with E-state index in [9.17, 15) is 4.79 Å². The summed E-state index contributed by atoms with van der Waals surface area (Å²) in [5.41, 5.74) is 0. The van der Waals surface area contributed by atoms with E-state index in [-0.39, 0.29) is 0 Å². The summed E-state index contributed by atoms with van der Waals surface area (Å²) in [5, 5.41) is 0. The van der Waals surface area contributed by atoms with E-state index in [0.717, 1.165) is 12.7 Å². The Bertz CT molecular complexity index is 71.9. The first-order valence-corrected chi connectivity index (χ1v) is 2.85. The summed E-state index contributed by atoms with van der Waals surface area (Å²) in [7, 11) is 0. The van der Waals surface area contributed by atoms with Gasteiger partial charge in [-0.25, -0.2) is 0 Å². The molecule has 1 saturated carbocycles. The standard InChI is InChI=1S/C4H5BrO/c5-4-1-3(4)2-6/h2-4H,1H2/t3-,4+/m0/s1. The molecule has 0 aromatic rings. The molecule has 6 heavy (non-hydrogen) atoms. The smallest absolute Gasteiger partial charge is 0.124 e. The minimum atomic E-state index is 0.338. The first-order chi connectivity index (χ1) is 2.84. The molecule has 2 heteroatoms. The molecule has 0 aromatic carbocycles. The molecule has 0 aliphatic heterocycles. The van der Waals surface area contributed by atoms with E-state index in [0.29, 0.717) is 10.7 Å². The van der Waals surface area contributed by atoms with Crippen LogP contribution in [0.25, 0.3) is 0 Å². The Morgan fingerprint density at radius 2 is 2.33 bits per heavy atom. The SMILES string of the molecule is O=C[C@@H]1C[C@H]1Br. The van der Waals surface area contributed by atoms with Gasteiger partial charge in [0.1, 0.15) is 6.29 Å². The molecular weight excluding hydrogens is 144 g/mol. The molecule has 0 radical (unpaired) electrons. The van der Waals surface area contributed by atoms with E-state index in [1.807, 2.05) is 0 Å². The Labute approximate surface area is 44.9 Å². The summed E-state index contributed by atoms with van der Waals surface area (Å²) in [6.07, 6.45) is 2.04. The number of rotatable bonds is 1. The molecule has 0 heterocycles. The second-order valence-electron chi connectivity index (χ2n) is 1.55. The molecule has 0 spiro atoms. The average Bonchev–Trinajstić information content (AvgIpc) is 2.19. The molecular formula is C4H5BrO. The molecule has 34 valence electrons. The summed E-state index contributed by atoms with van der Waals surface area (Å²) in [5.74, 6) is 0.338. The fourth-order valence-electron chi connectivity index (χ4n) is 0.322. The van der Waals surface area contributed by atoms with Gasteiger partial charge in [-0.15, -0.1) is 0 Å². The van der Waals surface area contributed by atoms with Gasteiger partial charge in [-0.1, -0.05) is 15.9 Å². The highest BCUT2D eigenvalue weighted by molar-refractivity contribution is 9.09. The summed E-state index contributed by atoms with van der Waals surface area (Å²) in [4.78, 5) is 10.3. The van der Waals surface area contributed by atoms with Crippen LogP contribution in [0.2, 0.25) is 0 Å². The highest BCUT2D eigenvalue weighted by Gasteiger charge is 2.33. The Balaban J connectivity index is 2.25. The van der Waals surface area contributed by atoms with E-state index in [2.05, 4.69) is 15.9 Å². The van der Waals surface area contributed by atoms with Crippen molar-refractivity contribution in [1.82, 2.24) is 0 Å². The lowest BCUT2D eigenvalue weighted by Crippen LogP contribution is -1.75. The van der Waals surface area contributed by atoms with Gasteiger partial charge < -0.3 is 4.79 Å². The highest BCUT2D eigenvalue weighted by atomic mass is 79.9. The third-order valence-corrected chi connectivity index (χ3v) is 1.99. The van der Waals surface area contributed by atoms with Gasteiger partial charge in [0.25, 0.3) is 0 Å². The zero-order valence-corrected chi connectivity index (χ0v) is 4.81. The highest BCUT2D eigenvalue weighted by Crippen LogP contribution is 2.35. The van der Waals surface area contributed by atoms with Crippen molar-refractivity contribution in [2.75, 3.05) is 0 Å². The number of carbonyl (C=O) groups excluding carboxylic acids is 1. The molecule has 1 aliphatic carbocycles. The predicted molar refractivity (Wildman–Crippen MR) is 26.9 cm³/mol. The van der Waals surface area contributed by atoms with Gasteiger partial charge >= 0.3 is 0 Å². The van der Waals surface area contributed by atoms with Crippen molar-refractivity contribution < 1.29 is 4.79 Å². The normalized spacial score (nSPS) is 42.2. The molecule has 1 aliphatic rings. The van der Waals surface area contributed by atoms with Crippen LogP contribution in [0.5, 0.6) is 0 Å². The topological polar surface area (TPSA) is 17.1 Å². The van der Waals surface area contributed by atoms with Crippen LogP contribution in [0.15, 0.2) is 0 Å². The van der Waals surface area contributed by atoms with E-state index in [1.165, 1.54) is 0 Å². The monoisotopic (exact) mass is 148 g/mol. The lowest BCUT2D eigenvalue weighted by molar-refractivity contribution is -0.108. The van der Waals surface area contributed by atoms with Crippen molar-refractivity contribution in [3.8, 4) is 0 Å². The number of halogens is 1. The minimum absolute atomic E-state index is 0.338. The predicted octanol–water partition coefficient (Wildman–Crippen LogP) is 0.969. The van der Waals surface area contributed by atoms with Crippen LogP contribution in [0.3, 0.4) is 0 Å². The first kappa shape index (κ1) is 4.31. The van der Waals surface area contributed by atoms with E-state index < -0.39 is 0 Å². The maximum Gasteiger partial charge on any atom is 0.124 e. The summed E-state index contributed by atoms with van der Waals surface area (Å²) in [6.45, 7) is 0. The minimum Gasteiger partial charge on any atom is -0.303 e. The van der Waals surface area contributed by atoms with Crippen LogP contribution < -0.4 is 0 Å². The molecule has 0 aromatic heterocycles. The molecule has 1 fully saturated rings. The number of carbonyl (C=O) groups is 1. The van der Waals surface area contributed by atoms with Crippen LogP contribution in [0.4, 0.5) is 0 Å². The number of aldehydes is 1. The van der Waals surface area contributed by atoms with E-state index in [4.69, 9.17) is 0 Å². The Morgan fingerprint density at radius 3 is 2.33 bits per heavy atom. The summed E-state index contributed by atoms with van der Waals surface area (Å²) >= 11 is 3.28. The van der Waals surface area contributed by atoms with Crippen molar-refractivity contribution in [2.24, 2.45) is 5.92 Å². The van der Waals surface area contributed by atoms with Crippen LogP contribution >= 0.6 is 15.9 Å². The first-order valence-electron chi connectivity index (χ1n) is 1.94. The van der Waals surface area contributed by atoms with Crippen molar-refractivity contribution in [3.63, 3.8) is 0 Å². The maximum atomic E-state index is 9.75. The van der Waals surface area contributed by atoms with Crippen molar-refractivity contribution in [1.29, 1.82) is 0 Å². The number of alkyl halides is 1. The molecule has 0 amide bonds. The number of hydrogen-bond acceptors (Lipinski definition) is 1. The van der Waals surface area contributed by atoms with Crippen molar-refractivity contribution in [2.45, 2.75) is 11.2 Å². The third kappa shape index (κ3) is 0.620. The van der Waals surface area contributed by atoms with Gasteiger partial charge in [-0.3, -0.25) is 0 Å². The maximum absolute atomic E-state index is 9.75. The zero-order valence-electron chi connectivity index (χ0n) is 3.23. The second kappa shape index (κ2) is 1.34. The Morgan fingerprint density at radius 1 is 1.83 bits per heavy atom. The molecule has 1 rings (SSSR count). The number of hydrogen-bond donors (Lipinski definition) is 0. The Hall–Kier alpha value is 0.150.